The summed E-state index contributed by atoms with van der Waals surface area (Å²) in [6.07, 6.45) is 0. The molecule has 2 amide bonds. The fourth-order valence-electron chi connectivity index (χ4n) is 2.62. The highest BCUT2D eigenvalue weighted by Crippen LogP contribution is 2.20. The third-order valence-corrected chi connectivity index (χ3v) is 3.71. The Morgan fingerprint density at radius 2 is 1.65 bits per heavy atom. The van der Waals surface area contributed by atoms with Gasteiger partial charge in [-0.15, -0.1) is 0 Å². The summed E-state index contributed by atoms with van der Waals surface area (Å²) in [5, 5.41) is 2.99. The van der Waals surface area contributed by atoms with E-state index in [9.17, 15) is 4.79 Å². The number of carbonyl (C=O) groups is 1. The highest BCUT2D eigenvalue weighted by molar-refractivity contribution is 5.75. The van der Waals surface area contributed by atoms with Crippen LogP contribution in [0.4, 0.5) is 4.79 Å². The largest absolute Gasteiger partial charge is 0.337 e. The van der Waals surface area contributed by atoms with E-state index in [-0.39, 0.29) is 6.03 Å². The van der Waals surface area contributed by atoms with Gasteiger partial charge in [0, 0.05) is 25.6 Å². The Morgan fingerprint density at radius 3 is 2.35 bits per heavy atom. The number of hydrogen-bond donors (Lipinski definition) is 1. The fourth-order valence-corrected chi connectivity index (χ4v) is 2.62. The van der Waals surface area contributed by atoms with E-state index in [1.807, 2.05) is 41.3 Å². The highest BCUT2D eigenvalue weighted by Gasteiger charge is 2.25. The number of nitrogens with zero attached hydrogens (tertiary/aromatic N) is 1. The smallest absolute Gasteiger partial charge is 0.317 e. The van der Waals surface area contributed by atoms with Crippen molar-refractivity contribution in [2.24, 2.45) is 0 Å². The van der Waals surface area contributed by atoms with E-state index < -0.39 is 0 Å². The van der Waals surface area contributed by atoms with Crippen LogP contribution in [0.5, 0.6) is 0 Å². The molecule has 1 saturated heterocycles. The Labute approximate surface area is 119 Å². The molecule has 2 aromatic rings. The summed E-state index contributed by atoms with van der Waals surface area (Å²) >= 11 is 0. The number of hydrogen-bond acceptors (Lipinski definition) is 1. The maximum Gasteiger partial charge on any atom is 0.317 e. The topological polar surface area (TPSA) is 32.3 Å². The molecule has 0 saturated carbocycles. The summed E-state index contributed by atoms with van der Waals surface area (Å²) < 4.78 is 0. The van der Waals surface area contributed by atoms with Crippen LogP contribution in [-0.4, -0.2) is 24.0 Å². The predicted molar refractivity (Wildman–Crippen MR) is 79.4 cm³/mol. The van der Waals surface area contributed by atoms with Gasteiger partial charge in [-0.3, -0.25) is 0 Å². The molecule has 1 aliphatic heterocycles. The molecule has 0 aromatic heterocycles. The summed E-state index contributed by atoms with van der Waals surface area (Å²) in [6, 6.07) is 20.5. The molecule has 2 aromatic carbocycles. The fraction of sp³-hybridized carbons (Fsp3) is 0.235. The number of amides is 2. The van der Waals surface area contributed by atoms with Gasteiger partial charge in [0.25, 0.3) is 0 Å². The van der Waals surface area contributed by atoms with Gasteiger partial charge in [0.1, 0.15) is 0 Å². The van der Waals surface area contributed by atoms with Crippen LogP contribution in [0.25, 0.3) is 0 Å². The first-order valence-corrected chi connectivity index (χ1v) is 6.94. The van der Waals surface area contributed by atoms with E-state index >= 15 is 0 Å². The van der Waals surface area contributed by atoms with Crippen molar-refractivity contribution in [2.75, 3.05) is 13.1 Å². The van der Waals surface area contributed by atoms with Crippen LogP contribution >= 0.6 is 0 Å². The molecule has 1 heterocycles. The number of nitrogens with one attached hydrogen (secondary N) is 1. The molecule has 0 aliphatic carbocycles. The quantitative estimate of drug-likeness (QED) is 0.910. The maximum atomic E-state index is 12.0. The molecule has 3 nitrogen and oxygen atoms in total. The molecule has 102 valence electrons. The molecule has 3 rings (SSSR count). The first kappa shape index (κ1) is 12.7. The minimum Gasteiger partial charge on any atom is -0.337 e. The van der Waals surface area contributed by atoms with Gasteiger partial charge in [0.2, 0.25) is 0 Å². The average molecular weight is 266 g/mol. The van der Waals surface area contributed by atoms with E-state index in [4.69, 9.17) is 0 Å². The average Bonchev–Trinajstić information content (AvgIpc) is 2.51. The van der Waals surface area contributed by atoms with Crippen LogP contribution in [0.1, 0.15) is 17.0 Å². The Hall–Kier alpha value is -2.29. The van der Waals surface area contributed by atoms with Gasteiger partial charge in [-0.2, -0.15) is 0 Å². The van der Waals surface area contributed by atoms with Gasteiger partial charge in [0.15, 0.2) is 0 Å². The molecule has 1 fully saturated rings. The third-order valence-electron chi connectivity index (χ3n) is 3.71. The number of benzene rings is 2. The predicted octanol–water partition coefficient (Wildman–Crippen LogP) is 3.00. The van der Waals surface area contributed by atoms with Gasteiger partial charge in [-0.25, -0.2) is 4.79 Å². The number of rotatable bonds is 3. The molecule has 0 spiro atoms. The van der Waals surface area contributed by atoms with Crippen molar-refractivity contribution in [3.05, 3.63) is 71.8 Å². The first-order valence-electron chi connectivity index (χ1n) is 6.94. The lowest BCUT2D eigenvalue weighted by atomic mass is 9.97. The molecular weight excluding hydrogens is 248 g/mol. The summed E-state index contributed by atoms with van der Waals surface area (Å²) in [5.74, 6) is 0.359. The van der Waals surface area contributed by atoms with Crippen molar-refractivity contribution >= 4 is 6.03 Å². The van der Waals surface area contributed by atoms with Crippen LogP contribution < -0.4 is 5.32 Å². The van der Waals surface area contributed by atoms with Gasteiger partial charge >= 0.3 is 6.03 Å². The Kier molecular flexibility index (Phi) is 3.68. The van der Waals surface area contributed by atoms with Crippen LogP contribution in [0, 0.1) is 0 Å². The summed E-state index contributed by atoms with van der Waals surface area (Å²) in [7, 11) is 0. The van der Waals surface area contributed by atoms with Crippen LogP contribution in [0.2, 0.25) is 0 Å². The van der Waals surface area contributed by atoms with Crippen molar-refractivity contribution in [2.45, 2.75) is 12.5 Å². The molecule has 1 aliphatic rings. The minimum absolute atomic E-state index is 0.0287. The standard InChI is InChI=1S/C17H18N2O/c20-17-18-11-16(15-9-5-2-6-10-15)13-19(17)12-14-7-3-1-4-8-14/h1-10,16H,11-13H2,(H,18,20). The first-order chi connectivity index (χ1) is 9.83. The summed E-state index contributed by atoms with van der Waals surface area (Å²) in [5.41, 5.74) is 2.45. The summed E-state index contributed by atoms with van der Waals surface area (Å²) in [4.78, 5) is 13.9. The molecule has 1 unspecified atom stereocenters. The zero-order chi connectivity index (χ0) is 13.8. The van der Waals surface area contributed by atoms with E-state index in [2.05, 4.69) is 29.6 Å². The third kappa shape index (κ3) is 2.82. The lowest BCUT2D eigenvalue weighted by Crippen LogP contribution is -2.49. The molecule has 3 heteroatoms. The van der Waals surface area contributed by atoms with Gasteiger partial charge in [-0.05, 0) is 11.1 Å². The van der Waals surface area contributed by atoms with Gasteiger partial charge in [-0.1, -0.05) is 60.7 Å². The zero-order valence-electron chi connectivity index (χ0n) is 11.3. The molecular formula is C17H18N2O. The summed E-state index contributed by atoms with van der Waals surface area (Å²) in [6.45, 7) is 2.15. The van der Waals surface area contributed by atoms with Crippen LogP contribution in [0.15, 0.2) is 60.7 Å². The molecule has 0 bridgehead atoms. The highest BCUT2D eigenvalue weighted by atomic mass is 16.2. The zero-order valence-corrected chi connectivity index (χ0v) is 11.3. The maximum absolute atomic E-state index is 12.0. The molecule has 1 atom stereocenters. The monoisotopic (exact) mass is 266 g/mol. The van der Waals surface area contributed by atoms with Crippen molar-refractivity contribution in [1.29, 1.82) is 0 Å². The minimum atomic E-state index is 0.0287. The van der Waals surface area contributed by atoms with E-state index in [1.165, 1.54) is 5.56 Å². The van der Waals surface area contributed by atoms with E-state index in [1.54, 1.807) is 0 Å². The van der Waals surface area contributed by atoms with Crippen molar-refractivity contribution in [3.8, 4) is 0 Å². The Balaban J connectivity index is 1.72. The molecule has 0 radical (unpaired) electrons. The normalized spacial score (nSPS) is 18.7. The number of urea groups is 1. The van der Waals surface area contributed by atoms with Crippen molar-refractivity contribution < 1.29 is 4.79 Å². The van der Waals surface area contributed by atoms with Crippen molar-refractivity contribution in [1.82, 2.24) is 10.2 Å². The second kappa shape index (κ2) is 5.78. The second-order valence-electron chi connectivity index (χ2n) is 5.16. The van der Waals surface area contributed by atoms with Gasteiger partial charge < -0.3 is 10.2 Å². The van der Waals surface area contributed by atoms with E-state index in [0.29, 0.717) is 19.0 Å². The SMILES string of the molecule is O=C1NCC(c2ccccc2)CN1Cc1ccccc1. The lowest BCUT2D eigenvalue weighted by molar-refractivity contribution is 0.176. The van der Waals surface area contributed by atoms with Crippen LogP contribution in [-0.2, 0) is 6.54 Å². The molecule has 20 heavy (non-hydrogen) atoms. The number of carbonyl (C=O) groups excluding carboxylic acids is 1. The molecule has 1 N–H and O–H groups in total. The van der Waals surface area contributed by atoms with Gasteiger partial charge in [0.05, 0.1) is 0 Å². The van der Waals surface area contributed by atoms with Crippen LogP contribution in [0.3, 0.4) is 0 Å². The lowest BCUT2D eigenvalue weighted by Gasteiger charge is -2.33. The van der Waals surface area contributed by atoms with E-state index in [0.717, 1.165) is 12.1 Å². The van der Waals surface area contributed by atoms with Crippen molar-refractivity contribution in [3.63, 3.8) is 0 Å². The Morgan fingerprint density at radius 1 is 1.00 bits per heavy atom. The Bertz CT molecular complexity index is 568. The second-order valence-corrected chi connectivity index (χ2v) is 5.16.